The maximum atomic E-state index is 14.1. The van der Waals surface area contributed by atoms with Crippen LogP contribution in [-0.4, -0.2) is 34.6 Å². The topological polar surface area (TPSA) is 109 Å². The quantitative estimate of drug-likeness (QED) is 0.221. The monoisotopic (exact) mass is 715 g/mol. The van der Waals surface area contributed by atoms with Crippen LogP contribution in [-0.2, 0) is 14.4 Å². The highest BCUT2D eigenvalue weighted by molar-refractivity contribution is 9.10. The number of imide groups is 1. The zero-order valence-electron chi connectivity index (χ0n) is 25.0. The number of aromatic nitrogens is 1. The summed E-state index contributed by atoms with van der Waals surface area (Å²) in [6, 6.07) is 20.9. The molecule has 234 valence electrons. The summed E-state index contributed by atoms with van der Waals surface area (Å²) in [6.45, 7) is 3.75. The van der Waals surface area contributed by atoms with Gasteiger partial charge in [-0.2, -0.15) is 0 Å². The molecule has 4 aliphatic rings. The molecule has 3 fully saturated rings. The van der Waals surface area contributed by atoms with Crippen molar-refractivity contribution in [2.75, 3.05) is 16.8 Å². The number of amides is 3. The van der Waals surface area contributed by atoms with Gasteiger partial charge in [0.25, 0.3) is 5.91 Å². The van der Waals surface area contributed by atoms with E-state index in [9.17, 15) is 19.2 Å². The van der Waals surface area contributed by atoms with Crippen molar-refractivity contribution in [3.8, 4) is 5.75 Å². The van der Waals surface area contributed by atoms with Gasteiger partial charge in [0.05, 0.1) is 22.5 Å². The Balaban J connectivity index is 1.14. The fraction of sp³-hybridized carbons (Fsp3) is 0.314. The SMILES string of the molecule is Cc1ccc(N2C(=O)C3C4CC(C3C2=O)C2C4Sc3[nH]c(=O)sc3[C@@H]2c2cc(Br)ccc2OCC(=O)Nc2cccc(C)c2)cc1. The molecule has 6 unspecified atom stereocenters. The average Bonchev–Trinajstić information content (AvgIpc) is 3.76. The van der Waals surface area contributed by atoms with Gasteiger partial charge < -0.3 is 15.0 Å². The third kappa shape index (κ3) is 4.77. The van der Waals surface area contributed by atoms with Crippen molar-refractivity contribution in [3.05, 3.63) is 102 Å². The third-order valence-corrected chi connectivity index (χ3v) is 13.1. The van der Waals surface area contributed by atoms with E-state index in [2.05, 4.69) is 26.2 Å². The summed E-state index contributed by atoms with van der Waals surface area (Å²) < 4.78 is 7.06. The Morgan fingerprint density at radius 1 is 0.978 bits per heavy atom. The molecule has 2 aliphatic heterocycles. The number of benzene rings is 3. The lowest BCUT2D eigenvalue weighted by Crippen LogP contribution is -2.42. The summed E-state index contributed by atoms with van der Waals surface area (Å²) in [5, 5.41) is 3.76. The van der Waals surface area contributed by atoms with Crippen molar-refractivity contribution < 1.29 is 19.1 Å². The number of thiazole rings is 1. The molecule has 3 heterocycles. The van der Waals surface area contributed by atoms with E-state index in [0.717, 1.165) is 37.5 Å². The smallest absolute Gasteiger partial charge is 0.305 e. The van der Waals surface area contributed by atoms with Crippen molar-refractivity contribution in [1.29, 1.82) is 0 Å². The normalized spacial score (nSPS) is 27.4. The van der Waals surface area contributed by atoms with E-state index >= 15 is 0 Å². The number of hydrogen-bond donors (Lipinski definition) is 2. The fourth-order valence-electron chi connectivity index (χ4n) is 8.27. The van der Waals surface area contributed by atoms with E-state index in [0.29, 0.717) is 17.1 Å². The molecular weight excluding hydrogens is 686 g/mol. The molecule has 0 radical (unpaired) electrons. The van der Waals surface area contributed by atoms with Crippen LogP contribution in [0.1, 0.15) is 33.9 Å². The van der Waals surface area contributed by atoms with Crippen LogP contribution >= 0.6 is 39.0 Å². The van der Waals surface area contributed by atoms with Crippen LogP contribution in [0, 0.1) is 43.4 Å². The number of anilines is 2. The maximum absolute atomic E-state index is 14.1. The molecule has 2 bridgehead atoms. The van der Waals surface area contributed by atoms with Gasteiger partial charge in [-0.15, -0.1) is 11.8 Å². The zero-order valence-corrected chi connectivity index (χ0v) is 28.2. The average molecular weight is 717 g/mol. The van der Waals surface area contributed by atoms with E-state index in [1.807, 2.05) is 80.6 Å². The first-order chi connectivity index (χ1) is 22.2. The van der Waals surface area contributed by atoms with Crippen molar-refractivity contribution in [1.82, 2.24) is 4.98 Å². The van der Waals surface area contributed by atoms with Crippen LogP contribution in [0.25, 0.3) is 0 Å². The highest BCUT2D eigenvalue weighted by atomic mass is 79.9. The molecule has 3 aromatic carbocycles. The first-order valence-corrected chi connectivity index (χ1v) is 17.8. The first kappa shape index (κ1) is 29.7. The number of fused-ring (bicyclic) bond motifs is 9. The van der Waals surface area contributed by atoms with Gasteiger partial charge in [-0.05, 0) is 86.1 Å². The van der Waals surface area contributed by atoms with E-state index in [1.165, 1.54) is 16.2 Å². The lowest BCUT2D eigenvalue weighted by atomic mass is 9.68. The second kappa shape index (κ2) is 11.2. The largest absolute Gasteiger partial charge is 0.483 e. The highest BCUT2D eigenvalue weighted by Gasteiger charge is 2.69. The molecule has 2 N–H and O–H groups in total. The summed E-state index contributed by atoms with van der Waals surface area (Å²) in [7, 11) is 0. The van der Waals surface area contributed by atoms with Gasteiger partial charge in [0.1, 0.15) is 5.75 Å². The number of nitrogens with one attached hydrogen (secondary N) is 2. The Bertz CT molecular complexity index is 1970. The van der Waals surface area contributed by atoms with Gasteiger partial charge in [-0.3, -0.25) is 24.1 Å². The number of aryl methyl sites for hydroxylation is 2. The van der Waals surface area contributed by atoms with Crippen LogP contribution in [0.3, 0.4) is 0 Å². The molecule has 4 aromatic rings. The van der Waals surface area contributed by atoms with Crippen LogP contribution in [0.4, 0.5) is 11.4 Å². The van der Waals surface area contributed by atoms with Crippen LogP contribution in [0.15, 0.2) is 81.0 Å². The molecule has 2 saturated carbocycles. The molecule has 0 spiro atoms. The first-order valence-electron chi connectivity index (χ1n) is 15.3. The van der Waals surface area contributed by atoms with Crippen LogP contribution in [0.5, 0.6) is 5.75 Å². The predicted octanol–water partition coefficient (Wildman–Crippen LogP) is 6.51. The number of nitrogens with zero attached hydrogens (tertiary/aromatic N) is 1. The van der Waals surface area contributed by atoms with E-state index in [4.69, 9.17) is 4.74 Å². The van der Waals surface area contributed by atoms with E-state index in [1.54, 1.807) is 11.8 Å². The summed E-state index contributed by atoms with van der Waals surface area (Å²) >= 11 is 6.48. The minimum Gasteiger partial charge on any atom is -0.483 e. The fourth-order valence-corrected chi connectivity index (χ4v) is 11.5. The molecule has 8 rings (SSSR count). The molecule has 11 heteroatoms. The van der Waals surface area contributed by atoms with Gasteiger partial charge >= 0.3 is 4.87 Å². The number of H-pyrrole nitrogens is 1. The third-order valence-electron chi connectivity index (χ3n) is 9.98. The number of carbonyl (C=O) groups is 3. The molecule has 1 saturated heterocycles. The lowest BCUT2D eigenvalue weighted by Gasteiger charge is -2.43. The Kier molecular flexibility index (Phi) is 7.26. The molecule has 8 nitrogen and oxygen atoms in total. The number of hydrogen-bond acceptors (Lipinski definition) is 7. The summed E-state index contributed by atoms with van der Waals surface area (Å²) in [6.07, 6.45) is 0.787. The Morgan fingerprint density at radius 3 is 2.50 bits per heavy atom. The summed E-state index contributed by atoms with van der Waals surface area (Å²) in [5.41, 5.74) is 4.29. The number of thioether (sulfide) groups is 1. The Labute approximate surface area is 282 Å². The molecular formula is C35H30BrN3O5S2. The van der Waals surface area contributed by atoms with Crippen molar-refractivity contribution in [2.24, 2.45) is 29.6 Å². The molecule has 46 heavy (non-hydrogen) atoms. The van der Waals surface area contributed by atoms with Gasteiger partial charge in [0.15, 0.2) is 6.61 Å². The van der Waals surface area contributed by atoms with Gasteiger partial charge in [0.2, 0.25) is 11.8 Å². The Morgan fingerprint density at radius 2 is 1.74 bits per heavy atom. The second-order valence-electron chi connectivity index (χ2n) is 12.7. The zero-order chi connectivity index (χ0) is 31.9. The predicted molar refractivity (Wildman–Crippen MR) is 182 cm³/mol. The second-order valence-corrected chi connectivity index (χ2v) is 15.8. The van der Waals surface area contributed by atoms with E-state index in [-0.39, 0.29) is 64.0 Å². The number of ether oxygens (including phenoxy) is 1. The maximum Gasteiger partial charge on any atom is 0.305 e. The minimum absolute atomic E-state index is 0.00249. The van der Waals surface area contributed by atoms with Gasteiger partial charge in [0, 0.05) is 31.8 Å². The summed E-state index contributed by atoms with van der Waals surface area (Å²) in [5.74, 6) is -1.01. The number of aromatic amines is 1. The van der Waals surface area contributed by atoms with E-state index < -0.39 is 5.92 Å². The van der Waals surface area contributed by atoms with Gasteiger partial charge in [-0.25, -0.2) is 0 Å². The van der Waals surface area contributed by atoms with Crippen LogP contribution in [0.2, 0.25) is 0 Å². The molecule has 1 aromatic heterocycles. The van der Waals surface area contributed by atoms with Crippen molar-refractivity contribution in [2.45, 2.75) is 36.5 Å². The summed E-state index contributed by atoms with van der Waals surface area (Å²) in [4.78, 5) is 58.9. The minimum atomic E-state index is -0.406. The standard InChI is InChI=1S/C35H30BrN3O5S2/c1-16-6-9-20(10-7-16)39-33(41)28-22-14-23(29(28)34(39)42)30-27(22)26(31-32(45-30)38-35(43)46-31)21-13-18(36)8-11-24(21)44-15-25(40)37-19-5-3-4-17(2)12-19/h3-13,22-23,26-30H,14-15H2,1-2H3,(H,37,40)(H,38,43)/t22?,23?,26-,27?,28?,29?,30?/m1/s1. The molecule has 2 aliphatic carbocycles. The Hall–Kier alpha value is -3.67. The number of carbonyl (C=O) groups excluding carboxylic acids is 3. The lowest BCUT2D eigenvalue weighted by molar-refractivity contribution is -0.123. The van der Waals surface area contributed by atoms with Crippen molar-refractivity contribution >= 4 is 68.1 Å². The van der Waals surface area contributed by atoms with Gasteiger partial charge in [-0.1, -0.05) is 57.1 Å². The highest BCUT2D eigenvalue weighted by Crippen LogP contribution is 2.69. The molecule has 7 atom stereocenters. The number of rotatable bonds is 6. The molecule has 3 amide bonds. The van der Waals surface area contributed by atoms with Crippen LogP contribution < -0.4 is 19.8 Å². The van der Waals surface area contributed by atoms with Crippen molar-refractivity contribution in [3.63, 3.8) is 0 Å². The number of halogens is 1.